The molecule has 3 rings (SSSR count). The van der Waals surface area contributed by atoms with E-state index in [0.29, 0.717) is 6.07 Å². The number of hydrogen-bond acceptors (Lipinski definition) is 5. The smallest absolute Gasteiger partial charge is 0.332 e. The van der Waals surface area contributed by atoms with E-state index in [2.05, 4.69) is 5.32 Å². The molecule has 1 N–H and O–H groups in total. The summed E-state index contributed by atoms with van der Waals surface area (Å²) in [6.07, 6.45) is -1.32. The number of rotatable bonds is 6. The third kappa shape index (κ3) is 4.52. The molecule has 0 aliphatic rings. The van der Waals surface area contributed by atoms with Crippen LogP contribution in [0.1, 0.15) is 13.8 Å². The number of para-hydroxylation sites is 1. The maximum atomic E-state index is 13.7. The molecule has 1 unspecified atom stereocenters. The molecule has 0 aliphatic carbocycles. The van der Waals surface area contributed by atoms with Gasteiger partial charge in [-0.3, -0.25) is 23.5 Å². The molecule has 3 aromatic rings. The number of carbonyl (C=O) groups excluding carboxylic acids is 2. The first-order valence-electron chi connectivity index (χ1n) is 9.40. The Morgan fingerprint density at radius 2 is 1.81 bits per heavy atom. The maximum Gasteiger partial charge on any atom is 0.332 e. The second-order valence-electron chi connectivity index (χ2n) is 6.68. The van der Waals surface area contributed by atoms with Crippen LogP contribution in [-0.4, -0.2) is 27.1 Å². The minimum Gasteiger partial charge on any atom is -0.451 e. The number of carbonyl (C=O) groups is 2. The number of nitrogens with one attached hydrogen (secondary N) is 1. The number of amides is 1. The van der Waals surface area contributed by atoms with Crippen LogP contribution in [0.25, 0.3) is 10.9 Å². The van der Waals surface area contributed by atoms with Crippen molar-refractivity contribution in [1.82, 2.24) is 9.13 Å². The first-order chi connectivity index (χ1) is 14.7. The molecule has 1 atom stereocenters. The molecule has 2 aromatic carbocycles. The van der Waals surface area contributed by atoms with Crippen molar-refractivity contribution in [3.63, 3.8) is 0 Å². The van der Waals surface area contributed by atoms with E-state index in [9.17, 15) is 28.0 Å². The second-order valence-corrected chi connectivity index (χ2v) is 6.68. The van der Waals surface area contributed by atoms with Gasteiger partial charge in [0.15, 0.2) is 6.10 Å². The Kier molecular flexibility index (Phi) is 6.28. The van der Waals surface area contributed by atoms with Gasteiger partial charge in [-0.2, -0.15) is 0 Å². The molecular weight excluding hydrogens is 412 g/mol. The van der Waals surface area contributed by atoms with Crippen LogP contribution in [0.15, 0.2) is 52.1 Å². The minimum atomic E-state index is -1.32. The van der Waals surface area contributed by atoms with Crippen LogP contribution in [0.5, 0.6) is 0 Å². The molecule has 0 saturated carbocycles. The van der Waals surface area contributed by atoms with E-state index in [4.69, 9.17) is 4.74 Å². The lowest BCUT2D eigenvalue weighted by atomic mass is 10.2. The van der Waals surface area contributed by atoms with Gasteiger partial charge in [0.1, 0.15) is 18.2 Å². The highest BCUT2D eigenvalue weighted by Crippen LogP contribution is 2.15. The highest BCUT2D eigenvalue weighted by atomic mass is 19.1. The normalized spacial score (nSPS) is 11.9. The van der Waals surface area contributed by atoms with Gasteiger partial charge in [-0.15, -0.1) is 0 Å². The largest absolute Gasteiger partial charge is 0.451 e. The number of fused-ring (bicyclic) bond motifs is 1. The zero-order valence-corrected chi connectivity index (χ0v) is 16.7. The van der Waals surface area contributed by atoms with Crippen molar-refractivity contribution in [1.29, 1.82) is 0 Å². The lowest BCUT2D eigenvalue weighted by molar-refractivity contribution is -0.153. The molecule has 1 aromatic heterocycles. The molecule has 0 saturated heterocycles. The monoisotopic (exact) mass is 431 g/mol. The summed E-state index contributed by atoms with van der Waals surface area (Å²) < 4.78 is 33.8. The van der Waals surface area contributed by atoms with Gasteiger partial charge >= 0.3 is 11.7 Å². The van der Waals surface area contributed by atoms with Crippen LogP contribution in [0.3, 0.4) is 0 Å². The van der Waals surface area contributed by atoms with Crippen LogP contribution in [-0.2, 0) is 27.4 Å². The van der Waals surface area contributed by atoms with Crippen molar-refractivity contribution in [3.05, 3.63) is 74.9 Å². The molecule has 1 amide bonds. The fraction of sp³-hybridized carbons (Fsp3) is 0.238. The van der Waals surface area contributed by atoms with Gasteiger partial charge in [0, 0.05) is 12.6 Å². The number of ether oxygens (including phenoxy) is 1. The Bertz CT molecular complexity index is 1280. The van der Waals surface area contributed by atoms with Crippen LogP contribution in [0.4, 0.5) is 14.5 Å². The SMILES string of the molecule is CCn1c(=O)c2ccccc2n(CC(=O)OC(C)C(=O)Nc2ccc(F)cc2F)c1=O. The van der Waals surface area contributed by atoms with Crippen molar-refractivity contribution in [2.24, 2.45) is 0 Å². The van der Waals surface area contributed by atoms with Crippen LogP contribution in [0.2, 0.25) is 0 Å². The zero-order chi connectivity index (χ0) is 22.7. The molecule has 162 valence electrons. The van der Waals surface area contributed by atoms with E-state index in [1.54, 1.807) is 25.1 Å². The molecule has 0 spiro atoms. The van der Waals surface area contributed by atoms with Crippen molar-refractivity contribution < 1.29 is 23.1 Å². The molecule has 8 nitrogen and oxygen atoms in total. The van der Waals surface area contributed by atoms with Gasteiger partial charge in [0.05, 0.1) is 16.6 Å². The third-order valence-corrected chi connectivity index (χ3v) is 4.60. The Morgan fingerprint density at radius 3 is 2.48 bits per heavy atom. The summed E-state index contributed by atoms with van der Waals surface area (Å²) >= 11 is 0. The zero-order valence-electron chi connectivity index (χ0n) is 16.7. The molecule has 0 radical (unpaired) electrons. The number of esters is 1. The van der Waals surface area contributed by atoms with E-state index in [-0.39, 0.29) is 23.1 Å². The van der Waals surface area contributed by atoms with Gasteiger partial charge in [-0.1, -0.05) is 12.1 Å². The standard InChI is InChI=1S/C21H19F2N3O5/c1-3-25-20(29)14-6-4-5-7-17(14)26(21(25)30)11-18(27)31-12(2)19(28)24-16-9-8-13(22)10-15(16)23/h4-10,12H,3,11H2,1-2H3,(H,24,28). The molecule has 0 bridgehead atoms. The van der Waals surface area contributed by atoms with E-state index < -0.39 is 47.4 Å². The van der Waals surface area contributed by atoms with Crippen LogP contribution >= 0.6 is 0 Å². The fourth-order valence-corrected chi connectivity index (χ4v) is 3.04. The minimum absolute atomic E-state index is 0.111. The number of benzene rings is 2. The summed E-state index contributed by atoms with van der Waals surface area (Å²) in [4.78, 5) is 49.7. The Labute approximate surface area is 174 Å². The number of aromatic nitrogens is 2. The van der Waals surface area contributed by atoms with Crippen molar-refractivity contribution >= 4 is 28.5 Å². The molecule has 10 heteroatoms. The van der Waals surface area contributed by atoms with E-state index >= 15 is 0 Å². The third-order valence-electron chi connectivity index (χ3n) is 4.60. The summed E-state index contributed by atoms with van der Waals surface area (Å²) in [5, 5.41) is 2.46. The summed E-state index contributed by atoms with van der Waals surface area (Å²) in [5.74, 6) is -3.53. The van der Waals surface area contributed by atoms with Gasteiger partial charge in [0.2, 0.25) is 0 Å². The van der Waals surface area contributed by atoms with Crippen LogP contribution < -0.4 is 16.6 Å². The van der Waals surface area contributed by atoms with Crippen molar-refractivity contribution in [2.45, 2.75) is 33.0 Å². The lowest BCUT2D eigenvalue weighted by Gasteiger charge is -2.16. The van der Waals surface area contributed by atoms with Crippen molar-refractivity contribution in [2.75, 3.05) is 5.32 Å². The van der Waals surface area contributed by atoms with E-state index in [1.807, 2.05) is 0 Å². The Hall–Kier alpha value is -3.82. The van der Waals surface area contributed by atoms with Crippen molar-refractivity contribution in [3.8, 4) is 0 Å². The number of anilines is 1. The second kappa shape index (κ2) is 8.90. The number of halogens is 2. The Balaban J connectivity index is 1.79. The van der Waals surface area contributed by atoms with Gasteiger partial charge in [-0.25, -0.2) is 13.6 Å². The average molecular weight is 431 g/mol. The highest BCUT2D eigenvalue weighted by molar-refractivity contribution is 5.95. The topological polar surface area (TPSA) is 99.4 Å². The molecular formula is C21H19F2N3O5. The number of nitrogens with zero attached hydrogens (tertiary/aromatic N) is 2. The predicted octanol–water partition coefficient (Wildman–Crippen LogP) is 2.03. The average Bonchev–Trinajstić information content (AvgIpc) is 2.73. The van der Waals surface area contributed by atoms with Gasteiger partial charge in [0.25, 0.3) is 11.5 Å². The van der Waals surface area contributed by atoms with E-state index in [0.717, 1.165) is 21.3 Å². The van der Waals surface area contributed by atoms with Gasteiger partial charge < -0.3 is 10.1 Å². The fourth-order valence-electron chi connectivity index (χ4n) is 3.04. The molecule has 0 fully saturated rings. The summed E-state index contributed by atoms with van der Waals surface area (Å²) in [5.41, 5.74) is -1.17. The quantitative estimate of drug-likeness (QED) is 0.602. The Morgan fingerprint density at radius 1 is 1.10 bits per heavy atom. The maximum absolute atomic E-state index is 13.7. The highest BCUT2D eigenvalue weighted by Gasteiger charge is 2.21. The lowest BCUT2D eigenvalue weighted by Crippen LogP contribution is -2.41. The molecule has 31 heavy (non-hydrogen) atoms. The first kappa shape index (κ1) is 21.9. The summed E-state index contributed by atoms with van der Waals surface area (Å²) in [6.45, 7) is 2.46. The molecule has 0 aliphatic heterocycles. The number of hydrogen-bond donors (Lipinski definition) is 1. The predicted molar refractivity (Wildman–Crippen MR) is 109 cm³/mol. The van der Waals surface area contributed by atoms with Crippen LogP contribution in [0, 0.1) is 11.6 Å². The molecule has 1 heterocycles. The van der Waals surface area contributed by atoms with E-state index in [1.165, 1.54) is 13.0 Å². The van der Waals surface area contributed by atoms with Gasteiger partial charge in [-0.05, 0) is 38.1 Å². The summed E-state index contributed by atoms with van der Waals surface area (Å²) in [6, 6.07) is 8.93. The first-order valence-corrected chi connectivity index (χ1v) is 9.40. The summed E-state index contributed by atoms with van der Waals surface area (Å²) in [7, 11) is 0.